The van der Waals surface area contributed by atoms with Gasteiger partial charge in [-0.1, -0.05) is 6.07 Å². The van der Waals surface area contributed by atoms with Gasteiger partial charge < -0.3 is 10.6 Å². The van der Waals surface area contributed by atoms with Gasteiger partial charge >= 0.3 is 0 Å². The molecule has 0 radical (unpaired) electrons. The monoisotopic (exact) mass is 274 g/mol. The number of aromatic nitrogens is 2. The predicted octanol–water partition coefficient (Wildman–Crippen LogP) is 0.817. The maximum Gasteiger partial charge on any atom is 0.270 e. The number of aryl methyl sites for hydroxylation is 2. The fourth-order valence-corrected chi connectivity index (χ4v) is 2.09. The second-order valence-electron chi connectivity index (χ2n) is 4.67. The Bertz CT molecular complexity index is 660. The summed E-state index contributed by atoms with van der Waals surface area (Å²) in [7, 11) is 0. The van der Waals surface area contributed by atoms with Gasteiger partial charge in [0.1, 0.15) is 11.3 Å². The summed E-state index contributed by atoms with van der Waals surface area (Å²) in [6.07, 6.45) is 1.82. The van der Waals surface area contributed by atoms with E-state index in [1.807, 2.05) is 32.2 Å². The second kappa shape index (κ2) is 5.73. The standard InChI is InChI=1S/C14H18N4O2/c1-9-5-4-8-18-12(10(2)17-13(9)18)14(20)16-7-6-15-11(3)19/h4-5,8H,6-7H2,1-3H3,(H,15,19)(H,16,20). The normalized spacial score (nSPS) is 10.6. The van der Waals surface area contributed by atoms with E-state index in [1.54, 1.807) is 4.40 Å². The van der Waals surface area contributed by atoms with Crippen LogP contribution in [0.3, 0.4) is 0 Å². The topological polar surface area (TPSA) is 75.5 Å². The van der Waals surface area contributed by atoms with Crippen molar-refractivity contribution in [2.24, 2.45) is 0 Å². The maximum absolute atomic E-state index is 12.2. The van der Waals surface area contributed by atoms with Crippen LogP contribution in [0.1, 0.15) is 28.7 Å². The highest BCUT2D eigenvalue weighted by molar-refractivity contribution is 5.94. The Labute approximate surface area is 117 Å². The minimum absolute atomic E-state index is 0.110. The van der Waals surface area contributed by atoms with E-state index in [1.165, 1.54) is 6.92 Å². The fraction of sp³-hybridized carbons (Fsp3) is 0.357. The van der Waals surface area contributed by atoms with E-state index in [2.05, 4.69) is 15.6 Å². The van der Waals surface area contributed by atoms with Gasteiger partial charge in [0.25, 0.3) is 5.91 Å². The van der Waals surface area contributed by atoms with Crippen molar-refractivity contribution in [1.82, 2.24) is 20.0 Å². The molecular formula is C14H18N4O2. The number of carbonyl (C=O) groups is 2. The molecule has 0 atom stereocenters. The first-order valence-electron chi connectivity index (χ1n) is 6.47. The summed E-state index contributed by atoms with van der Waals surface area (Å²) in [5.74, 6) is -0.299. The quantitative estimate of drug-likeness (QED) is 0.810. The smallest absolute Gasteiger partial charge is 0.270 e. The van der Waals surface area contributed by atoms with Crippen LogP contribution in [0.25, 0.3) is 5.65 Å². The number of nitrogens with zero attached hydrogens (tertiary/aromatic N) is 2. The first kappa shape index (κ1) is 14.0. The lowest BCUT2D eigenvalue weighted by Gasteiger charge is -2.06. The Morgan fingerprint density at radius 3 is 2.65 bits per heavy atom. The highest BCUT2D eigenvalue weighted by Gasteiger charge is 2.16. The van der Waals surface area contributed by atoms with Crippen molar-refractivity contribution in [3.05, 3.63) is 35.3 Å². The number of amides is 2. The molecule has 2 heterocycles. The molecular weight excluding hydrogens is 256 g/mol. The molecule has 0 aliphatic carbocycles. The lowest BCUT2D eigenvalue weighted by molar-refractivity contribution is -0.118. The highest BCUT2D eigenvalue weighted by atomic mass is 16.2. The zero-order valence-corrected chi connectivity index (χ0v) is 11.9. The molecule has 20 heavy (non-hydrogen) atoms. The zero-order chi connectivity index (χ0) is 14.7. The van der Waals surface area contributed by atoms with Gasteiger partial charge in [-0.15, -0.1) is 0 Å². The van der Waals surface area contributed by atoms with Crippen LogP contribution in [0.2, 0.25) is 0 Å². The molecule has 0 spiro atoms. The number of nitrogens with one attached hydrogen (secondary N) is 2. The number of imidazole rings is 1. The lowest BCUT2D eigenvalue weighted by atomic mass is 10.3. The molecule has 0 saturated carbocycles. The minimum atomic E-state index is -0.189. The Morgan fingerprint density at radius 2 is 1.95 bits per heavy atom. The van der Waals surface area contributed by atoms with Gasteiger partial charge in [0.2, 0.25) is 5.91 Å². The summed E-state index contributed by atoms with van der Waals surface area (Å²) in [5.41, 5.74) is 3.03. The molecule has 2 N–H and O–H groups in total. The summed E-state index contributed by atoms with van der Waals surface area (Å²) < 4.78 is 1.79. The van der Waals surface area contributed by atoms with Gasteiger partial charge in [0, 0.05) is 26.2 Å². The van der Waals surface area contributed by atoms with Crippen molar-refractivity contribution in [2.45, 2.75) is 20.8 Å². The minimum Gasteiger partial charge on any atom is -0.355 e. The molecule has 0 unspecified atom stereocenters. The van der Waals surface area contributed by atoms with E-state index in [9.17, 15) is 9.59 Å². The molecule has 6 nitrogen and oxygen atoms in total. The molecule has 6 heteroatoms. The van der Waals surface area contributed by atoms with E-state index < -0.39 is 0 Å². The predicted molar refractivity (Wildman–Crippen MR) is 75.7 cm³/mol. The molecule has 0 aliphatic heterocycles. The number of fused-ring (bicyclic) bond motifs is 1. The summed E-state index contributed by atoms with van der Waals surface area (Å²) in [6, 6.07) is 3.85. The van der Waals surface area contributed by atoms with Crippen molar-refractivity contribution in [2.75, 3.05) is 13.1 Å². The fourth-order valence-electron chi connectivity index (χ4n) is 2.09. The molecule has 0 aromatic carbocycles. The van der Waals surface area contributed by atoms with Crippen LogP contribution in [0, 0.1) is 13.8 Å². The first-order valence-corrected chi connectivity index (χ1v) is 6.47. The Balaban J connectivity index is 2.16. The third-order valence-corrected chi connectivity index (χ3v) is 3.02. The van der Waals surface area contributed by atoms with E-state index in [4.69, 9.17) is 0 Å². The van der Waals surface area contributed by atoms with Crippen LogP contribution in [0.15, 0.2) is 18.3 Å². The Morgan fingerprint density at radius 1 is 1.25 bits per heavy atom. The van der Waals surface area contributed by atoms with E-state index in [-0.39, 0.29) is 11.8 Å². The second-order valence-corrected chi connectivity index (χ2v) is 4.67. The molecule has 2 aromatic rings. The largest absolute Gasteiger partial charge is 0.355 e. The van der Waals surface area contributed by atoms with Crippen LogP contribution < -0.4 is 10.6 Å². The van der Waals surface area contributed by atoms with Crippen molar-refractivity contribution in [3.8, 4) is 0 Å². The third kappa shape index (κ3) is 2.79. The lowest BCUT2D eigenvalue weighted by Crippen LogP contribution is -2.34. The van der Waals surface area contributed by atoms with E-state index >= 15 is 0 Å². The van der Waals surface area contributed by atoms with Crippen LogP contribution in [-0.4, -0.2) is 34.3 Å². The molecule has 2 rings (SSSR count). The number of carbonyl (C=O) groups excluding carboxylic acids is 2. The Kier molecular flexibility index (Phi) is 4.02. The first-order chi connectivity index (χ1) is 9.50. The average molecular weight is 274 g/mol. The van der Waals surface area contributed by atoms with Crippen LogP contribution in [0.5, 0.6) is 0 Å². The van der Waals surface area contributed by atoms with Gasteiger partial charge in [-0.25, -0.2) is 4.98 Å². The van der Waals surface area contributed by atoms with Crippen molar-refractivity contribution < 1.29 is 9.59 Å². The SMILES string of the molecule is CC(=O)NCCNC(=O)c1c(C)nc2c(C)cccn12. The average Bonchev–Trinajstić information content (AvgIpc) is 2.72. The maximum atomic E-state index is 12.2. The van der Waals surface area contributed by atoms with Crippen LogP contribution in [0.4, 0.5) is 0 Å². The van der Waals surface area contributed by atoms with Gasteiger partial charge in [-0.05, 0) is 25.5 Å². The summed E-state index contributed by atoms with van der Waals surface area (Å²) in [4.78, 5) is 27.4. The van der Waals surface area contributed by atoms with Crippen LogP contribution in [-0.2, 0) is 4.79 Å². The molecule has 2 amide bonds. The van der Waals surface area contributed by atoms with Crippen molar-refractivity contribution in [1.29, 1.82) is 0 Å². The van der Waals surface area contributed by atoms with Gasteiger partial charge in [0.05, 0.1) is 5.69 Å². The van der Waals surface area contributed by atoms with Gasteiger partial charge in [0.15, 0.2) is 0 Å². The van der Waals surface area contributed by atoms with Gasteiger partial charge in [-0.3, -0.25) is 14.0 Å². The number of hydrogen-bond donors (Lipinski definition) is 2. The van der Waals surface area contributed by atoms with Crippen molar-refractivity contribution in [3.63, 3.8) is 0 Å². The molecule has 0 bridgehead atoms. The summed E-state index contributed by atoms with van der Waals surface area (Å²) >= 11 is 0. The van der Waals surface area contributed by atoms with Gasteiger partial charge in [-0.2, -0.15) is 0 Å². The molecule has 2 aromatic heterocycles. The Hall–Kier alpha value is -2.37. The summed E-state index contributed by atoms with van der Waals surface area (Å²) in [5, 5.41) is 5.41. The number of pyridine rings is 1. The van der Waals surface area contributed by atoms with E-state index in [0.717, 1.165) is 11.2 Å². The van der Waals surface area contributed by atoms with E-state index in [0.29, 0.717) is 24.5 Å². The third-order valence-electron chi connectivity index (χ3n) is 3.02. The number of rotatable bonds is 4. The molecule has 0 saturated heterocycles. The zero-order valence-electron chi connectivity index (χ0n) is 11.9. The molecule has 0 aliphatic rings. The highest BCUT2D eigenvalue weighted by Crippen LogP contribution is 2.14. The molecule has 0 fully saturated rings. The molecule has 106 valence electrons. The number of hydrogen-bond acceptors (Lipinski definition) is 3. The summed E-state index contributed by atoms with van der Waals surface area (Å²) in [6.45, 7) is 6.02. The van der Waals surface area contributed by atoms with Crippen LogP contribution >= 0.6 is 0 Å². The van der Waals surface area contributed by atoms with Crippen molar-refractivity contribution >= 4 is 17.5 Å².